The molecule has 1 rings (SSSR count). The second-order valence-electron chi connectivity index (χ2n) is 6.14. The van der Waals surface area contributed by atoms with Gasteiger partial charge in [-0.05, 0) is 29.5 Å². The maximum Gasteiger partial charge on any atom is 0.253 e. The maximum atomic E-state index is 12.6. The number of thiocarbonyl (C=S) groups is 1. The van der Waals surface area contributed by atoms with Crippen molar-refractivity contribution < 1.29 is 4.79 Å². The first-order chi connectivity index (χ1) is 9.81. The van der Waals surface area contributed by atoms with Crippen molar-refractivity contribution in [1.82, 2.24) is 4.90 Å². The monoisotopic (exact) mass is 306 g/mol. The average molecular weight is 306 g/mol. The van der Waals surface area contributed by atoms with Gasteiger partial charge in [-0.15, -0.1) is 0 Å². The smallest absolute Gasteiger partial charge is 0.253 e. The molecule has 0 unspecified atom stereocenters. The fourth-order valence-electron chi connectivity index (χ4n) is 2.15. The highest BCUT2D eigenvalue weighted by Crippen LogP contribution is 2.16. The number of hydrogen-bond donors (Lipinski definition) is 1. The van der Waals surface area contributed by atoms with Gasteiger partial charge in [-0.2, -0.15) is 0 Å². The number of carbonyl (C=O) groups is 1. The lowest BCUT2D eigenvalue weighted by atomic mass is 10.0. The van der Waals surface area contributed by atoms with Gasteiger partial charge >= 0.3 is 0 Å². The van der Waals surface area contributed by atoms with Gasteiger partial charge in [0, 0.05) is 25.1 Å². The van der Waals surface area contributed by atoms with Crippen molar-refractivity contribution in [3.05, 3.63) is 35.4 Å². The quantitative estimate of drug-likeness (QED) is 0.783. The normalized spacial score (nSPS) is 11.0. The van der Waals surface area contributed by atoms with Gasteiger partial charge in [0.15, 0.2) is 0 Å². The summed E-state index contributed by atoms with van der Waals surface area (Å²) in [5.41, 5.74) is 7.52. The zero-order valence-corrected chi connectivity index (χ0v) is 14.2. The molecule has 1 aromatic rings. The third kappa shape index (κ3) is 5.84. The number of carbonyl (C=O) groups excluding carboxylic acids is 1. The van der Waals surface area contributed by atoms with E-state index in [1.54, 1.807) is 0 Å². The summed E-state index contributed by atoms with van der Waals surface area (Å²) in [5.74, 6) is 0.932. The van der Waals surface area contributed by atoms with Crippen LogP contribution in [0.15, 0.2) is 24.3 Å². The maximum absolute atomic E-state index is 12.6. The van der Waals surface area contributed by atoms with Crippen LogP contribution in [-0.2, 0) is 0 Å². The van der Waals surface area contributed by atoms with Crippen LogP contribution in [0.25, 0.3) is 0 Å². The van der Waals surface area contributed by atoms with Crippen molar-refractivity contribution in [1.29, 1.82) is 0 Å². The van der Waals surface area contributed by atoms with Gasteiger partial charge in [0.1, 0.15) is 0 Å². The SMILES string of the molecule is CC(C)CN(CCC(N)=S)C(=O)c1ccc(C(C)C)cc1. The molecule has 21 heavy (non-hydrogen) atoms. The van der Waals surface area contributed by atoms with Crippen LogP contribution < -0.4 is 5.73 Å². The van der Waals surface area contributed by atoms with Gasteiger partial charge in [0.25, 0.3) is 5.91 Å². The lowest BCUT2D eigenvalue weighted by Gasteiger charge is -2.24. The van der Waals surface area contributed by atoms with Gasteiger partial charge in [0.05, 0.1) is 4.99 Å². The highest BCUT2D eigenvalue weighted by Gasteiger charge is 2.17. The van der Waals surface area contributed by atoms with E-state index in [1.165, 1.54) is 5.56 Å². The Hall–Kier alpha value is -1.42. The molecule has 1 aromatic carbocycles. The van der Waals surface area contributed by atoms with Gasteiger partial charge in [-0.3, -0.25) is 4.79 Å². The molecular formula is C17H26N2OS. The van der Waals surface area contributed by atoms with E-state index in [0.29, 0.717) is 36.3 Å². The Labute approximate surface area is 133 Å². The van der Waals surface area contributed by atoms with Crippen LogP contribution in [-0.4, -0.2) is 28.9 Å². The van der Waals surface area contributed by atoms with Gasteiger partial charge < -0.3 is 10.6 Å². The van der Waals surface area contributed by atoms with E-state index >= 15 is 0 Å². The fourth-order valence-corrected chi connectivity index (χ4v) is 2.25. The standard InChI is InChI=1S/C17H26N2OS/c1-12(2)11-19(10-9-16(18)21)17(20)15-7-5-14(6-8-15)13(3)4/h5-8,12-13H,9-11H2,1-4H3,(H2,18,21). The van der Waals surface area contributed by atoms with Crippen molar-refractivity contribution in [3.63, 3.8) is 0 Å². The average Bonchev–Trinajstić information content (AvgIpc) is 2.42. The summed E-state index contributed by atoms with van der Waals surface area (Å²) in [6.07, 6.45) is 0.567. The van der Waals surface area contributed by atoms with Crippen LogP contribution in [0.1, 0.15) is 56.0 Å². The second kappa shape index (κ2) is 8.13. The zero-order valence-electron chi connectivity index (χ0n) is 13.4. The third-order valence-corrected chi connectivity index (χ3v) is 3.53. The molecule has 4 heteroatoms. The van der Waals surface area contributed by atoms with Crippen molar-refractivity contribution in [3.8, 4) is 0 Å². The van der Waals surface area contributed by atoms with E-state index in [-0.39, 0.29) is 5.91 Å². The molecule has 0 saturated carbocycles. The van der Waals surface area contributed by atoms with Crippen LogP contribution in [0, 0.1) is 5.92 Å². The van der Waals surface area contributed by atoms with Gasteiger partial charge in [0.2, 0.25) is 0 Å². The Balaban J connectivity index is 2.85. The molecule has 0 aliphatic carbocycles. The molecule has 0 spiro atoms. The number of hydrogen-bond acceptors (Lipinski definition) is 2. The first-order valence-electron chi connectivity index (χ1n) is 7.48. The van der Waals surface area contributed by atoms with E-state index < -0.39 is 0 Å². The summed E-state index contributed by atoms with van der Waals surface area (Å²) in [5, 5.41) is 0. The molecular weight excluding hydrogens is 280 g/mol. The van der Waals surface area contributed by atoms with Crippen LogP contribution >= 0.6 is 12.2 Å². The molecule has 0 aliphatic heterocycles. The molecule has 0 radical (unpaired) electrons. The van der Waals surface area contributed by atoms with E-state index in [9.17, 15) is 4.79 Å². The molecule has 116 valence electrons. The van der Waals surface area contributed by atoms with Gasteiger partial charge in [-0.1, -0.05) is 52.0 Å². The number of nitrogens with two attached hydrogens (primary N) is 1. The fraction of sp³-hybridized carbons (Fsp3) is 0.529. The summed E-state index contributed by atoms with van der Waals surface area (Å²) >= 11 is 4.92. The highest BCUT2D eigenvalue weighted by molar-refractivity contribution is 7.80. The van der Waals surface area contributed by atoms with Crippen LogP contribution in [0.2, 0.25) is 0 Å². The molecule has 0 atom stereocenters. The Kier molecular flexibility index (Phi) is 6.82. The Morgan fingerprint density at radius 1 is 1.19 bits per heavy atom. The predicted molar refractivity (Wildman–Crippen MR) is 92.7 cm³/mol. The predicted octanol–water partition coefficient (Wildman–Crippen LogP) is 3.58. The topological polar surface area (TPSA) is 46.3 Å². The highest BCUT2D eigenvalue weighted by atomic mass is 32.1. The molecule has 0 aliphatic rings. The first kappa shape index (κ1) is 17.6. The molecule has 1 amide bonds. The van der Waals surface area contributed by atoms with Gasteiger partial charge in [-0.25, -0.2) is 0 Å². The third-order valence-electron chi connectivity index (χ3n) is 3.33. The molecule has 0 bridgehead atoms. The lowest BCUT2D eigenvalue weighted by Crippen LogP contribution is -2.36. The summed E-state index contributed by atoms with van der Waals surface area (Å²) < 4.78 is 0. The molecule has 0 heterocycles. The van der Waals surface area contributed by atoms with E-state index in [0.717, 1.165) is 5.56 Å². The van der Waals surface area contributed by atoms with Crippen molar-refractivity contribution in [2.75, 3.05) is 13.1 Å². The minimum atomic E-state index is 0.0512. The molecule has 0 aromatic heterocycles. The van der Waals surface area contributed by atoms with Crippen LogP contribution in [0.5, 0.6) is 0 Å². The van der Waals surface area contributed by atoms with Crippen molar-refractivity contribution in [2.45, 2.75) is 40.0 Å². The van der Waals surface area contributed by atoms with Crippen molar-refractivity contribution >= 4 is 23.1 Å². The number of nitrogens with zero attached hydrogens (tertiary/aromatic N) is 1. The minimum Gasteiger partial charge on any atom is -0.393 e. The van der Waals surface area contributed by atoms with E-state index in [2.05, 4.69) is 27.7 Å². The molecule has 0 saturated heterocycles. The Bertz CT molecular complexity index is 480. The Morgan fingerprint density at radius 3 is 2.19 bits per heavy atom. The first-order valence-corrected chi connectivity index (χ1v) is 7.89. The number of rotatable bonds is 7. The summed E-state index contributed by atoms with van der Waals surface area (Å²) in [6, 6.07) is 7.87. The second-order valence-corrected chi connectivity index (χ2v) is 6.66. The van der Waals surface area contributed by atoms with Crippen molar-refractivity contribution in [2.24, 2.45) is 11.7 Å². The van der Waals surface area contributed by atoms with E-state index in [1.807, 2.05) is 29.2 Å². The van der Waals surface area contributed by atoms with Crippen LogP contribution in [0.3, 0.4) is 0 Å². The zero-order chi connectivity index (χ0) is 16.0. The molecule has 0 fully saturated rings. The summed E-state index contributed by atoms with van der Waals surface area (Å²) in [4.78, 5) is 14.9. The summed E-state index contributed by atoms with van der Waals surface area (Å²) in [7, 11) is 0. The number of amides is 1. The molecule has 2 N–H and O–H groups in total. The van der Waals surface area contributed by atoms with Crippen LogP contribution in [0.4, 0.5) is 0 Å². The lowest BCUT2D eigenvalue weighted by molar-refractivity contribution is 0.0741. The minimum absolute atomic E-state index is 0.0512. The Morgan fingerprint density at radius 2 is 1.76 bits per heavy atom. The largest absolute Gasteiger partial charge is 0.393 e. The molecule has 3 nitrogen and oxygen atoms in total. The summed E-state index contributed by atoms with van der Waals surface area (Å²) in [6.45, 7) is 9.78. The number of benzene rings is 1. The van der Waals surface area contributed by atoms with E-state index in [4.69, 9.17) is 18.0 Å².